The van der Waals surface area contributed by atoms with Crippen molar-refractivity contribution in [1.82, 2.24) is 20.2 Å². The highest BCUT2D eigenvalue weighted by Gasteiger charge is 2.19. The lowest BCUT2D eigenvalue weighted by molar-refractivity contribution is 0.844. The standard InChI is InChI=1S/C13H8ClN5/c14-12-6-5-9(18-19-12)8(7-15)13-16-10-3-1-2-4-11(10)17-13/h1-6,8H,(H,16,17). The Bertz CT molecular complexity index is 724. The molecule has 1 aromatic carbocycles. The molecule has 0 amide bonds. The fourth-order valence-corrected chi connectivity index (χ4v) is 1.96. The SMILES string of the molecule is N#CC(c1ccc(Cl)nn1)c1nc2ccccc2[nH]1. The number of para-hydroxylation sites is 2. The summed E-state index contributed by atoms with van der Waals surface area (Å²) in [5.74, 6) is -0.0301. The lowest BCUT2D eigenvalue weighted by atomic mass is 10.1. The molecule has 0 aliphatic heterocycles. The zero-order valence-electron chi connectivity index (χ0n) is 9.71. The second-order valence-corrected chi connectivity index (χ2v) is 4.37. The summed E-state index contributed by atoms with van der Waals surface area (Å²) in [6.45, 7) is 0. The normalized spacial score (nSPS) is 12.2. The maximum Gasteiger partial charge on any atom is 0.151 e. The predicted octanol–water partition coefficient (Wildman–Crippen LogP) is 2.66. The number of nitriles is 1. The van der Waals surface area contributed by atoms with Gasteiger partial charge in [0.05, 0.1) is 22.8 Å². The number of hydrogen-bond donors (Lipinski definition) is 1. The first kappa shape index (κ1) is 11.6. The van der Waals surface area contributed by atoms with E-state index >= 15 is 0 Å². The molecule has 0 aliphatic rings. The van der Waals surface area contributed by atoms with E-state index in [0.717, 1.165) is 11.0 Å². The van der Waals surface area contributed by atoms with Crippen molar-refractivity contribution in [2.45, 2.75) is 5.92 Å². The van der Waals surface area contributed by atoms with Gasteiger partial charge in [-0.25, -0.2) is 4.98 Å². The summed E-state index contributed by atoms with van der Waals surface area (Å²) in [4.78, 5) is 7.53. The van der Waals surface area contributed by atoms with E-state index in [9.17, 15) is 5.26 Å². The molecule has 1 N–H and O–H groups in total. The van der Waals surface area contributed by atoms with Gasteiger partial charge in [0, 0.05) is 0 Å². The van der Waals surface area contributed by atoms with Crippen LogP contribution in [0.15, 0.2) is 36.4 Å². The third-order valence-corrected chi connectivity index (χ3v) is 2.96. The van der Waals surface area contributed by atoms with Crippen LogP contribution in [0.4, 0.5) is 0 Å². The first-order valence-electron chi connectivity index (χ1n) is 5.61. The molecule has 0 radical (unpaired) electrons. The van der Waals surface area contributed by atoms with Gasteiger partial charge >= 0.3 is 0 Å². The Morgan fingerprint density at radius 3 is 2.68 bits per heavy atom. The molecule has 5 nitrogen and oxygen atoms in total. The van der Waals surface area contributed by atoms with E-state index in [1.54, 1.807) is 12.1 Å². The molecule has 3 aromatic rings. The molecule has 0 fully saturated rings. The maximum atomic E-state index is 9.32. The number of nitrogens with one attached hydrogen (secondary N) is 1. The third-order valence-electron chi connectivity index (χ3n) is 2.76. The number of aromatic amines is 1. The fraction of sp³-hybridized carbons (Fsp3) is 0.0769. The van der Waals surface area contributed by atoms with Gasteiger partial charge in [0.2, 0.25) is 0 Å². The quantitative estimate of drug-likeness (QED) is 0.776. The summed E-state index contributed by atoms with van der Waals surface area (Å²) in [7, 11) is 0. The van der Waals surface area contributed by atoms with E-state index in [1.165, 1.54) is 0 Å². The largest absolute Gasteiger partial charge is 0.341 e. The van der Waals surface area contributed by atoms with E-state index in [1.807, 2.05) is 24.3 Å². The van der Waals surface area contributed by atoms with Crippen LogP contribution in [0.5, 0.6) is 0 Å². The van der Waals surface area contributed by atoms with Crippen LogP contribution < -0.4 is 0 Å². The number of halogens is 1. The van der Waals surface area contributed by atoms with Crippen molar-refractivity contribution in [3.05, 3.63) is 53.1 Å². The average molecular weight is 270 g/mol. The number of nitrogens with zero attached hydrogens (tertiary/aromatic N) is 4. The molecule has 0 spiro atoms. The van der Waals surface area contributed by atoms with Crippen LogP contribution >= 0.6 is 11.6 Å². The topological polar surface area (TPSA) is 78.2 Å². The van der Waals surface area contributed by atoms with Crippen LogP contribution in [-0.4, -0.2) is 20.2 Å². The Hall–Kier alpha value is -2.45. The molecule has 19 heavy (non-hydrogen) atoms. The van der Waals surface area contributed by atoms with Gasteiger partial charge in [-0.2, -0.15) is 10.4 Å². The Labute approximate surface area is 113 Å². The highest BCUT2D eigenvalue weighted by molar-refractivity contribution is 6.29. The first-order chi connectivity index (χ1) is 9.28. The number of rotatable bonds is 2. The van der Waals surface area contributed by atoms with Crippen molar-refractivity contribution >= 4 is 22.6 Å². The Balaban J connectivity index is 2.07. The lowest BCUT2D eigenvalue weighted by Gasteiger charge is -2.03. The minimum atomic E-state index is -0.586. The van der Waals surface area contributed by atoms with Crippen LogP contribution in [-0.2, 0) is 0 Å². The number of hydrogen-bond acceptors (Lipinski definition) is 4. The smallest absolute Gasteiger partial charge is 0.151 e. The van der Waals surface area contributed by atoms with E-state index in [0.29, 0.717) is 16.7 Å². The fourth-order valence-electron chi connectivity index (χ4n) is 1.86. The van der Waals surface area contributed by atoms with Crippen LogP contribution in [0.1, 0.15) is 17.4 Å². The molecule has 0 saturated carbocycles. The van der Waals surface area contributed by atoms with Crippen LogP contribution in [0.25, 0.3) is 11.0 Å². The molecular formula is C13H8ClN5. The lowest BCUT2D eigenvalue weighted by Crippen LogP contribution is -2.04. The van der Waals surface area contributed by atoms with E-state index in [4.69, 9.17) is 11.6 Å². The molecule has 1 atom stereocenters. The van der Waals surface area contributed by atoms with Gasteiger partial charge in [-0.15, -0.1) is 5.10 Å². The van der Waals surface area contributed by atoms with Gasteiger partial charge < -0.3 is 4.98 Å². The second kappa shape index (κ2) is 4.67. The van der Waals surface area contributed by atoms with Gasteiger partial charge in [-0.1, -0.05) is 23.7 Å². The number of fused-ring (bicyclic) bond motifs is 1. The first-order valence-corrected chi connectivity index (χ1v) is 5.99. The predicted molar refractivity (Wildman–Crippen MR) is 70.6 cm³/mol. The maximum absolute atomic E-state index is 9.32. The van der Waals surface area contributed by atoms with Gasteiger partial charge in [0.1, 0.15) is 11.7 Å². The average Bonchev–Trinajstić information content (AvgIpc) is 2.85. The van der Waals surface area contributed by atoms with Crippen molar-refractivity contribution in [2.75, 3.05) is 0 Å². The minimum absolute atomic E-state index is 0.296. The molecular weight excluding hydrogens is 262 g/mol. The zero-order valence-corrected chi connectivity index (χ0v) is 10.5. The molecule has 6 heteroatoms. The number of H-pyrrole nitrogens is 1. The number of aromatic nitrogens is 4. The third kappa shape index (κ3) is 2.14. The summed E-state index contributed by atoms with van der Waals surface area (Å²) < 4.78 is 0. The van der Waals surface area contributed by atoms with Gasteiger partial charge in [-0.3, -0.25) is 0 Å². The molecule has 92 valence electrons. The Morgan fingerprint density at radius 1 is 1.16 bits per heavy atom. The highest BCUT2D eigenvalue weighted by atomic mass is 35.5. The summed E-state index contributed by atoms with van der Waals surface area (Å²) in [6.07, 6.45) is 0. The molecule has 0 saturated heterocycles. The Kier molecular flexibility index (Phi) is 2.86. The minimum Gasteiger partial charge on any atom is -0.341 e. The van der Waals surface area contributed by atoms with E-state index < -0.39 is 5.92 Å². The van der Waals surface area contributed by atoms with E-state index in [2.05, 4.69) is 26.2 Å². The monoisotopic (exact) mass is 269 g/mol. The van der Waals surface area contributed by atoms with Crippen LogP contribution in [0.2, 0.25) is 5.15 Å². The van der Waals surface area contributed by atoms with Gasteiger partial charge in [0.15, 0.2) is 5.15 Å². The molecule has 1 unspecified atom stereocenters. The van der Waals surface area contributed by atoms with Crippen molar-refractivity contribution in [3.63, 3.8) is 0 Å². The number of imidazole rings is 1. The van der Waals surface area contributed by atoms with Crippen molar-refractivity contribution in [1.29, 1.82) is 5.26 Å². The van der Waals surface area contributed by atoms with Crippen molar-refractivity contribution in [2.24, 2.45) is 0 Å². The summed E-state index contributed by atoms with van der Waals surface area (Å²) >= 11 is 5.69. The second-order valence-electron chi connectivity index (χ2n) is 3.98. The highest BCUT2D eigenvalue weighted by Crippen LogP contribution is 2.22. The molecule has 0 bridgehead atoms. The van der Waals surface area contributed by atoms with Crippen molar-refractivity contribution in [3.8, 4) is 6.07 Å². The Morgan fingerprint density at radius 2 is 2.00 bits per heavy atom. The van der Waals surface area contributed by atoms with Crippen LogP contribution in [0.3, 0.4) is 0 Å². The summed E-state index contributed by atoms with van der Waals surface area (Å²) in [5, 5.41) is 17.3. The summed E-state index contributed by atoms with van der Waals surface area (Å²) in [5.41, 5.74) is 2.23. The van der Waals surface area contributed by atoms with E-state index in [-0.39, 0.29) is 0 Å². The zero-order chi connectivity index (χ0) is 13.2. The van der Waals surface area contributed by atoms with Gasteiger partial charge in [-0.05, 0) is 24.3 Å². The van der Waals surface area contributed by atoms with Gasteiger partial charge in [0.25, 0.3) is 0 Å². The van der Waals surface area contributed by atoms with Crippen molar-refractivity contribution < 1.29 is 0 Å². The molecule has 3 rings (SSSR count). The molecule has 2 heterocycles. The molecule has 0 aliphatic carbocycles. The number of benzene rings is 1. The summed E-state index contributed by atoms with van der Waals surface area (Å²) in [6, 6.07) is 13.1. The van der Waals surface area contributed by atoms with Crippen LogP contribution in [0, 0.1) is 11.3 Å². The molecule has 2 aromatic heterocycles.